The Morgan fingerprint density at radius 1 is 1.17 bits per heavy atom. The molecule has 0 bridgehead atoms. The summed E-state index contributed by atoms with van der Waals surface area (Å²) in [4.78, 5) is 32.8. The minimum Gasteiger partial charge on any atom is -0.379 e. The Balaban J connectivity index is 1.60. The number of nitrogens with zero attached hydrogens (tertiary/aromatic N) is 3. The first-order valence-electron chi connectivity index (χ1n) is 11.2. The van der Waals surface area contributed by atoms with Crippen LogP contribution in [0.15, 0.2) is 58.5 Å². The number of morpholine rings is 1. The van der Waals surface area contributed by atoms with Gasteiger partial charge in [-0.3, -0.25) is 19.1 Å². The summed E-state index contributed by atoms with van der Waals surface area (Å²) in [5.41, 5.74) is -0.939. The number of thioether (sulfide) groups is 1. The highest BCUT2D eigenvalue weighted by Crippen LogP contribution is 2.31. The molecule has 1 fully saturated rings. The minimum atomic E-state index is -4.56. The number of hydrogen-bond acceptors (Lipinski definition) is 6. The Labute approximate surface area is 204 Å². The molecule has 1 saturated heterocycles. The Morgan fingerprint density at radius 3 is 2.66 bits per heavy atom. The number of hydrogen-bond donors (Lipinski definition) is 1. The molecular weight excluding hydrogens is 481 g/mol. The van der Waals surface area contributed by atoms with E-state index < -0.39 is 22.5 Å². The molecule has 1 amide bonds. The average molecular weight is 507 g/mol. The highest BCUT2D eigenvalue weighted by Gasteiger charge is 2.31. The van der Waals surface area contributed by atoms with Crippen molar-refractivity contribution in [1.29, 1.82) is 0 Å². The van der Waals surface area contributed by atoms with Crippen LogP contribution in [-0.4, -0.2) is 65.0 Å². The predicted molar refractivity (Wildman–Crippen MR) is 128 cm³/mol. The van der Waals surface area contributed by atoms with E-state index in [2.05, 4.69) is 15.2 Å². The number of halogens is 3. The summed E-state index contributed by atoms with van der Waals surface area (Å²) in [6.07, 6.45) is -4.56. The van der Waals surface area contributed by atoms with Crippen LogP contribution in [0.2, 0.25) is 0 Å². The molecular formula is C24H25F3N4O3S. The second kappa shape index (κ2) is 10.8. The molecule has 1 aliphatic rings. The van der Waals surface area contributed by atoms with Crippen LogP contribution in [0.4, 0.5) is 13.2 Å². The first-order chi connectivity index (χ1) is 16.7. The van der Waals surface area contributed by atoms with Crippen LogP contribution in [0, 0.1) is 0 Å². The fourth-order valence-corrected chi connectivity index (χ4v) is 4.71. The number of alkyl halides is 3. The van der Waals surface area contributed by atoms with Crippen LogP contribution in [0.25, 0.3) is 16.6 Å². The van der Waals surface area contributed by atoms with Gasteiger partial charge in [0.05, 0.1) is 40.6 Å². The largest absolute Gasteiger partial charge is 0.416 e. The van der Waals surface area contributed by atoms with Gasteiger partial charge in [-0.25, -0.2) is 4.98 Å². The van der Waals surface area contributed by atoms with Crippen LogP contribution in [0.5, 0.6) is 0 Å². The van der Waals surface area contributed by atoms with E-state index >= 15 is 0 Å². The number of nitrogens with one attached hydrogen (secondary N) is 1. The van der Waals surface area contributed by atoms with Gasteiger partial charge in [0.2, 0.25) is 5.91 Å². The molecule has 0 spiro atoms. The van der Waals surface area contributed by atoms with E-state index in [0.717, 1.165) is 41.6 Å². The van der Waals surface area contributed by atoms with Crippen LogP contribution in [0.3, 0.4) is 0 Å². The highest BCUT2D eigenvalue weighted by molar-refractivity contribution is 8.00. The number of carbonyl (C=O) groups excluding carboxylic acids is 1. The van der Waals surface area contributed by atoms with Crippen LogP contribution in [0.1, 0.15) is 12.5 Å². The predicted octanol–water partition coefficient (Wildman–Crippen LogP) is 3.33. The summed E-state index contributed by atoms with van der Waals surface area (Å²) in [5.74, 6) is -0.249. The highest BCUT2D eigenvalue weighted by atomic mass is 32.2. The Bertz CT molecular complexity index is 1260. The van der Waals surface area contributed by atoms with Gasteiger partial charge in [0.15, 0.2) is 5.16 Å². The zero-order valence-electron chi connectivity index (χ0n) is 19.0. The summed E-state index contributed by atoms with van der Waals surface area (Å²) >= 11 is 1.03. The van der Waals surface area contributed by atoms with Gasteiger partial charge in [-0.1, -0.05) is 30.0 Å². The third kappa shape index (κ3) is 6.03. The number of carbonyl (C=O) groups is 1. The van der Waals surface area contributed by atoms with E-state index in [4.69, 9.17) is 4.74 Å². The van der Waals surface area contributed by atoms with Gasteiger partial charge in [-0.05, 0) is 37.3 Å². The Hall–Kier alpha value is -2.89. The zero-order valence-corrected chi connectivity index (χ0v) is 19.9. The Kier molecular flexibility index (Phi) is 7.78. The average Bonchev–Trinajstić information content (AvgIpc) is 2.84. The molecule has 7 nitrogen and oxygen atoms in total. The van der Waals surface area contributed by atoms with E-state index in [1.54, 1.807) is 31.2 Å². The molecule has 4 rings (SSSR count). The van der Waals surface area contributed by atoms with Gasteiger partial charge in [-0.15, -0.1) is 0 Å². The van der Waals surface area contributed by atoms with E-state index in [1.165, 1.54) is 12.1 Å². The standard InChI is InChI=1S/C24H25F3N4O3S/c1-16(21(32)28-9-10-30-11-13-34-14-12-30)35-23-29-20-8-3-2-7-19(20)22(33)31(23)18-6-4-5-17(15-18)24(25,26)27/h2-8,15-16H,9-14H2,1H3,(H,28,32). The number of benzene rings is 2. The zero-order chi connectivity index (χ0) is 25.0. The molecule has 1 aliphatic heterocycles. The van der Waals surface area contributed by atoms with Gasteiger partial charge >= 0.3 is 6.18 Å². The second-order valence-corrected chi connectivity index (χ2v) is 9.41. The van der Waals surface area contributed by atoms with Crippen molar-refractivity contribution in [1.82, 2.24) is 19.8 Å². The maximum Gasteiger partial charge on any atom is 0.416 e. The van der Waals surface area contributed by atoms with Crippen LogP contribution in [-0.2, 0) is 15.7 Å². The third-order valence-corrected chi connectivity index (χ3v) is 6.71. The van der Waals surface area contributed by atoms with Crippen LogP contribution >= 0.6 is 11.8 Å². The van der Waals surface area contributed by atoms with Crippen molar-refractivity contribution in [2.45, 2.75) is 23.5 Å². The number of rotatable bonds is 7. The normalized spacial score (nSPS) is 15.8. The molecule has 2 aromatic carbocycles. The fraction of sp³-hybridized carbons (Fsp3) is 0.375. The molecule has 1 atom stereocenters. The summed E-state index contributed by atoms with van der Waals surface area (Å²) in [6, 6.07) is 11.1. The monoisotopic (exact) mass is 506 g/mol. The third-order valence-electron chi connectivity index (χ3n) is 5.66. The molecule has 0 aliphatic carbocycles. The lowest BCUT2D eigenvalue weighted by Gasteiger charge is -2.26. The molecule has 186 valence electrons. The Morgan fingerprint density at radius 2 is 1.91 bits per heavy atom. The molecule has 1 aromatic heterocycles. The van der Waals surface area contributed by atoms with Gasteiger partial charge in [0, 0.05) is 26.2 Å². The van der Waals surface area contributed by atoms with E-state index in [9.17, 15) is 22.8 Å². The molecule has 0 radical (unpaired) electrons. The first kappa shape index (κ1) is 25.2. The maximum absolute atomic E-state index is 13.3. The second-order valence-electron chi connectivity index (χ2n) is 8.11. The molecule has 35 heavy (non-hydrogen) atoms. The van der Waals surface area contributed by atoms with Crippen molar-refractivity contribution in [3.8, 4) is 5.69 Å². The lowest BCUT2D eigenvalue weighted by Crippen LogP contribution is -2.42. The van der Waals surface area contributed by atoms with Gasteiger partial charge < -0.3 is 10.1 Å². The van der Waals surface area contributed by atoms with Gasteiger partial charge in [-0.2, -0.15) is 13.2 Å². The summed E-state index contributed by atoms with van der Waals surface area (Å²) in [6.45, 7) is 5.77. The van der Waals surface area contributed by atoms with Crippen molar-refractivity contribution in [3.63, 3.8) is 0 Å². The first-order valence-corrected chi connectivity index (χ1v) is 12.1. The SMILES string of the molecule is CC(Sc1nc2ccccc2c(=O)n1-c1cccc(C(F)(F)F)c1)C(=O)NCCN1CCOCC1. The minimum absolute atomic E-state index is 0.0329. The maximum atomic E-state index is 13.3. The summed E-state index contributed by atoms with van der Waals surface area (Å²) in [7, 11) is 0. The van der Waals surface area contributed by atoms with Crippen molar-refractivity contribution in [2.75, 3.05) is 39.4 Å². The lowest BCUT2D eigenvalue weighted by molar-refractivity contribution is -0.137. The van der Waals surface area contributed by atoms with E-state index in [1.807, 2.05) is 0 Å². The number of aromatic nitrogens is 2. The molecule has 11 heteroatoms. The van der Waals surface area contributed by atoms with Gasteiger partial charge in [0.1, 0.15) is 0 Å². The molecule has 1 N–H and O–H groups in total. The fourth-order valence-electron chi connectivity index (χ4n) is 3.76. The van der Waals surface area contributed by atoms with E-state index in [0.29, 0.717) is 31.8 Å². The quantitative estimate of drug-likeness (QED) is 0.391. The molecule has 2 heterocycles. The summed E-state index contributed by atoms with van der Waals surface area (Å²) < 4.78 is 46.5. The van der Waals surface area contributed by atoms with Crippen LogP contribution < -0.4 is 10.9 Å². The van der Waals surface area contributed by atoms with Crippen molar-refractivity contribution in [2.24, 2.45) is 0 Å². The topological polar surface area (TPSA) is 76.5 Å². The molecule has 3 aromatic rings. The van der Waals surface area contributed by atoms with Crippen molar-refractivity contribution in [3.05, 3.63) is 64.4 Å². The van der Waals surface area contributed by atoms with E-state index in [-0.39, 0.29) is 22.1 Å². The number of ether oxygens (including phenoxy) is 1. The lowest BCUT2D eigenvalue weighted by atomic mass is 10.2. The van der Waals surface area contributed by atoms with Crippen molar-refractivity contribution >= 4 is 28.6 Å². The molecule has 0 saturated carbocycles. The van der Waals surface area contributed by atoms with Gasteiger partial charge in [0.25, 0.3) is 5.56 Å². The number of amides is 1. The van der Waals surface area contributed by atoms with Crippen molar-refractivity contribution < 1.29 is 22.7 Å². The molecule has 1 unspecified atom stereocenters. The number of fused-ring (bicyclic) bond motifs is 1. The smallest absolute Gasteiger partial charge is 0.379 e. The number of para-hydroxylation sites is 1. The summed E-state index contributed by atoms with van der Waals surface area (Å²) in [5, 5.41) is 2.67.